The van der Waals surface area contributed by atoms with Gasteiger partial charge in [0.15, 0.2) is 5.82 Å². The molecule has 0 unspecified atom stereocenters. The maximum atomic E-state index is 10.9. The largest absolute Gasteiger partial charge is 0.447 e. The van der Waals surface area contributed by atoms with Crippen LogP contribution < -0.4 is 5.32 Å². The first kappa shape index (κ1) is 9.50. The van der Waals surface area contributed by atoms with Gasteiger partial charge < -0.3 is 14.6 Å². The lowest BCUT2D eigenvalue weighted by Crippen LogP contribution is -2.26. The molecule has 1 rings (SSSR count). The van der Waals surface area contributed by atoms with Crippen LogP contribution >= 0.6 is 0 Å². The van der Waals surface area contributed by atoms with E-state index in [1.54, 1.807) is 13.8 Å². The summed E-state index contributed by atoms with van der Waals surface area (Å²) >= 11 is 0. The molecule has 0 spiro atoms. The summed E-state index contributed by atoms with van der Waals surface area (Å²) in [5, 5.41) is 5.98. The fraction of sp³-hybridized carbons (Fsp3) is 0.571. The molecule has 0 aliphatic carbocycles. The lowest BCUT2D eigenvalue weighted by Gasteiger charge is -2.07. The van der Waals surface area contributed by atoms with Gasteiger partial charge in [-0.15, -0.1) is 0 Å². The molecule has 0 aliphatic rings. The van der Waals surface area contributed by atoms with E-state index in [-0.39, 0.29) is 12.6 Å². The monoisotopic (exact) mass is 185 g/mol. The van der Waals surface area contributed by atoms with Gasteiger partial charge in [-0.25, -0.2) is 4.79 Å². The van der Waals surface area contributed by atoms with Crippen molar-refractivity contribution in [2.75, 3.05) is 0 Å². The molecule has 1 N–H and O–H groups in total. The number of aromatic nitrogens is 2. The van der Waals surface area contributed by atoms with Crippen LogP contribution in [0, 0.1) is 0 Å². The molecule has 0 fully saturated rings. The summed E-state index contributed by atoms with van der Waals surface area (Å²) in [6.45, 7) is 3.75. The topological polar surface area (TPSA) is 77.2 Å². The Labute approximate surface area is 75.3 Å². The number of carbonyl (C=O) groups is 1. The minimum atomic E-state index is -0.486. The number of ether oxygens (including phenoxy) is 1. The second-order valence-electron chi connectivity index (χ2n) is 2.66. The van der Waals surface area contributed by atoms with E-state index in [0.29, 0.717) is 5.82 Å². The lowest BCUT2D eigenvalue weighted by molar-refractivity contribution is 0.115. The zero-order valence-electron chi connectivity index (χ0n) is 7.48. The summed E-state index contributed by atoms with van der Waals surface area (Å²) in [4.78, 5) is 14.6. The Morgan fingerprint density at radius 3 is 3.08 bits per heavy atom. The average Bonchev–Trinajstić information content (AvgIpc) is 2.51. The Morgan fingerprint density at radius 2 is 2.54 bits per heavy atom. The molecular weight excluding hydrogens is 174 g/mol. The number of nitrogens with one attached hydrogen (secondary N) is 1. The molecule has 72 valence electrons. The standard InChI is InChI=1S/C7H11N3O3/c1-5(2)13-7(11)8-3-6-9-4-12-10-6/h4-5H,3H2,1-2H3,(H,8,11). The SMILES string of the molecule is CC(C)OC(=O)NCc1ncon1. The van der Waals surface area contributed by atoms with Gasteiger partial charge in [0.1, 0.15) is 0 Å². The van der Waals surface area contributed by atoms with Crippen LogP contribution in [0.2, 0.25) is 0 Å². The first-order chi connectivity index (χ1) is 6.18. The molecule has 1 amide bonds. The van der Waals surface area contributed by atoms with E-state index >= 15 is 0 Å². The second-order valence-corrected chi connectivity index (χ2v) is 2.66. The third-order valence-corrected chi connectivity index (χ3v) is 1.14. The van der Waals surface area contributed by atoms with Gasteiger partial charge in [0, 0.05) is 0 Å². The van der Waals surface area contributed by atoms with E-state index in [9.17, 15) is 4.79 Å². The van der Waals surface area contributed by atoms with E-state index in [4.69, 9.17) is 4.74 Å². The van der Waals surface area contributed by atoms with Crippen molar-refractivity contribution in [3.05, 3.63) is 12.2 Å². The Hall–Kier alpha value is -1.59. The van der Waals surface area contributed by atoms with Crippen molar-refractivity contribution in [2.24, 2.45) is 0 Å². The number of nitrogens with zero attached hydrogens (tertiary/aromatic N) is 2. The van der Waals surface area contributed by atoms with Crippen LogP contribution in [-0.4, -0.2) is 22.3 Å². The third kappa shape index (κ3) is 3.55. The zero-order chi connectivity index (χ0) is 9.68. The first-order valence-electron chi connectivity index (χ1n) is 3.88. The molecule has 0 radical (unpaired) electrons. The molecule has 1 aromatic rings. The fourth-order valence-electron chi connectivity index (χ4n) is 0.677. The van der Waals surface area contributed by atoms with Crippen molar-refractivity contribution >= 4 is 6.09 Å². The Morgan fingerprint density at radius 1 is 1.77 bits per heavy atom. The van der Waals surface area contributed by atoms with Gasteiger partial charge in [-0.2, -0.15) is 4.98 Å². The van der Waals surface area contributed by atoms with E-state index in [0.717, 1.165) is 0 Å². The Bertz CT molecular complexity index is 258. The van der Waals surface area contributed by atoms with Crippen molar-refractivity contribution in [3.8, 4) is 0 Å². The number of alkyl carbamates (subject to hydrolysis) is 1. The summed E-state index contributed by atoms with van der Waals surface area (Å²) in [7, 11) is 0. The van der Waals surface area contributed by atoms with Crippen LogP contribution in [0.25, 0.3) is 0 Å². The third-order valence-electron chi connectivity index (χ3n) is 1.14. The highest BCUT2D eigenvalue weighted by molar-refractivity contribution is 5.67. The molecule has 0 aromatic carbocycles. The molecule has 0 saturated carbocycles. The quantitative estimate of drug-likeness (QED) is 0.750. The van der Waals surface area contributed by atoms with E-state index in [1.807, 2.05) is 0 Å². The number of rotatable bonds is 3. The summed E-state index contributed by atoms with van der Waals surface area (Å²) in [5.74, 6) is 0.417. The van der Waals surface area contributed by atoms with Gasteiger partial charge in [-0.05, 0) is 13.8 Å². The van der Waals surface area contributed by atoms with Gasteiger partial charge in [-0.3, -0.25) is 0 Å². The van der Waals surface area contributed by atoms with Gasteiger partial charge >= 0.3 is 6.09 Å². The molecular formula is C7H11N3O3. The van der Waals surface area contributed by atoms with Crippen LogP contribution in [0.5, 0.6) is 0 Å². The summed E-state index contributed by atoms with van der Waals surface area (Å²) in [6, 6.07) is 0. The molecule has 0 aliphatic heterocycles. The predicted octanol–water partition coefficient (Wildman–Crippen LogP) is 0.704. The van der Waals surface area contributed by atoms with E-state index < -0.39 is 6.09 Å². The summed E-state index contributed by atoms with van der Waals surface area (Å²) in [5.41, 5.74) is 0. The van der Waals surface area contributed by atoms with Gasteiger partial charge in [0.2, 0.25) is 6.39 Å². The van der Waals surface area contributed by atoms with Crippen LogP contribution in [0.4, 0.5) is 4.79 Å². The molecule has 13 heavy (non-hydrogen) atoms. The number of hydrogen-bond acceptors (Lipinski definition) is 5. The zero-order valence-corrected chi connectivity index (χ0v) is 7.48. The molecule has 6 nitrogen and oxygen atoms in total. The number of amides is 1. The molecule has 0 saturated heterocycles. The van der Waals surface area contributed by atoms with Crippen LogP contribution in [0.1, 0.15) is 19.7 Å². The second kappa shape index (κ2) is 4.44. The van der Waals surface area contributed by atoms with Crippen LogP contribution in [0.15, 0.2) is 10.9 Å². The Kier molecular flexibility index (Phi) is 3.24. The lowest BCUT2D eigenvalue weighted by atomic mass is 10.5. The first-order valence-corrected chi connectivity index (χ1v) is 3.88. The average molecular weight is 185 g/mol. The molecule has 0 bridgehead atoms. The van der Waals surface area contributed by atoms with E-state index in [1.165, 1.54) is 6.39 Å². The smallest absolute Gasteiger partial charge is 0.407 e. The molecule has 1 aromatic heterocycles. The van der Waals surface area contributed by atoms with Gasteiger partial charge in [0.05, 0.1) is 12.6 Å². The molecule has 1 heterocycles. The van der Waals surface area contributed by atoms with Crippen molar-refractivity contribution in [2.45, 2.75) is 26.5 Å². The van der Waals surface area contributed by atoms with Crippen molar-refractivity contribution in [3.63, 3.8) is 0 Å². The van der Waals surface area contributed by atoms with Crippen LogP contribution in [0.3, 0.4) is 0 Å². The van der Waals surface area contributed by atoms with Gasteiger partial charge in [-0.1, -0.05) is 5.16 Å². The van der Waals surface area contributed by atoms with Crippen LogP contribution in [-0.2, 0) is 11.3 Å². The normalized spacial score (nSPS) is 10.1. The maximum absolute atomic E-state index is 10.9. The van der Waals surface area contributed by atoms with Crippen molar-refractivity contribution in [1.82, 2.24) is 15.5 Å². The minimum Gasteiger partial charge on any atom is -0.447 e. The maximum Gasteiger partial charge on any atom is 0.407 e. The fourth-order valence-corrected chi connectivity index (χ4v) is 0.677. The van der Waals surface area contributed by atoms with Crippen molar-refractivity contribution < 1.29 is 14.1 Å². The highest BCUT2D eigenvalue weighted by Gasteiger charge is 2.05. The minimum absolute atomic E-state index is 0.134. The molecule has 6 heteroatoms. The predicted molar refractivity (Wildman–Crippen MR) is 42.8 cm³/mol. The van der Waals surface area contributed by atoms with E-state index in [2.05, 4.69) is 20.0 Å². The highest BCUT2D eigenvalue weighted by Crippen LogP contribution is 1.91. The molecule has 0 atom stereocenters. The summed E-state index contributed by atoms with van der Waals surface area (Å²) < 4.78 is 9.29. The number of hydrogen-bond donors (Lipinski definition) is 1. The van der Waals surface area contributed by atoms with Gasteiger partial charge in [0.25, 0.3) is 0 Å². The Balaban J connectivity index is 2.23. The van der Waals surface area contributed by atoms with Crippen molar-refractivity contribution in [1.29, 1.82) is 0 Å². The number of carbonyl (C=O) groups excluding carboxylic acids is 1. The summed E-state index contributed by atoms with van der Waals surface area (Å²) in [6.07, 6.45) is 0.579. The highest BCUT2D eigenvalue weighted by atomic mass is 16.6.